The first kappa shape index (κ1) is 21.7. The van der Waals surface area contributed by atoms with Crippen molar-refractivity contribution in [2.45, 2.75) is 31.0 Å². The third kappa shape index (κ3) is 3.61. The van der Waals surface area contributed by atoms with Gasteiger partial charge >= 0.3 is 18.0 Å². The van der Waals surface area contributed by atoms with Gasteiger partial charge in [0, 0.05) is 7.05 Å². The number of Topliss-reactive ketones (excluding diaryl/α,β-unsaturated/α-hetero) is 1. The lowest BCUT2D eigenvalue weighted by Gasteiger charge is -2.32. The van der Waals surface area contributed by atoms with Crippen LogP contribution >= 0.6 is 0 Å². The molecule has 1 aromatic rings. The Kier molecular flexibility index (Phi) is 5.95. The SMILES string of the molecule is COc1ccccc1C(=O)C(C)N(C)C(=O)C(F)(F)C(F)(F)C(F)(F)F. The summed E-state index contributed by atoms with van der Waals surface area (Å²) in [6, 6.07) is 3.67. The number of benzene rings is 1. The van der Waals surface area contributed by atoms with Crippen LogP contribution in [0.2, 0.25) is 0 Å². The number of ether oxygens (including phenoxy) is 1. The lowest BCUT2D eigenvalue weighted by atomic mass is 10.0. The van der Waals surface area contributed by atoms with Gasteiger partial charge in [-0.15, -0.1) is 0 Å². The number of alkyl halides is 7. The smallest absolute Gasteiger partial charge is 0.460 e. The number of ketones is 1. The lowest BCUT2D eigenvalue weighted by Crippen LogP contribution is -2.61. The fraction of sp³-hybridized carbons (Fsp3) is 0.467. The third-order valence-corrected chi connectivity index (χ3v) is 3.67. The molecule has 11 heteroatoms. The molecule has 0 N–H and O–H groups in total. The van der Waals surface area contributed by atoms with Gasteiger partial charge in [-0.05, 0) is 19.1 Å². The highest BCUT2D eigenvalue weighted by atomic mass is 19.4. The largest absolute Gasteiger partial charge is 0.496 e. The Labute approximate surface area is 143 Å². The Morgan fingerprint density at radius 1 is 1.04 bits per heavy atom. The summed E-state index contributed by atoms with van der Waals surface area (Å²) < 4.78 is 94.5. The summed E-state index contributed by atoms with van der Waals surface area (Å²) in [4.78, 5) is 23.8. The molecule has 26 heavy (non-hydrogen) atoms. The van der Waals surface area contributed by atoms with E-state index >= 15 is 0 Å². The Hall–Kier alpha value is -2.33. The standard InChI is InChI=1S/C15H14F7NO3/c1-8(11(24)9-6-4-5-7-10(9)26-3)23(2)12(25)13(16,17)14(18,19)15(20,21)22/h4-8H,1-3H3. The van der Waals surface area contributed by atoms with Crippen molar-refractivity contribution in [3.63, 3.8) is 0 Å². The minimum Gasteiger partial charge on any atom is -0.496 e. The topological polar surface area (TPSA) is 46.6 Å². The quantitative estimate of drug-likeness (QED) is 0.552. The number of methoxy groups -OCH3 is 1. The molecule has 146 valence electrons. The molecule has 0 aromatic heterocycles. The molecule has 1 unspecified atom stereocenters. The zero-order valence-electron chi connectivity index (χ0n) is 13.7. The minimum atomic E-state index is -6.65. The van der Waals surface area contributed by atoms with E-state index in [1.807, 2.05) is 0 Å². The second-order valence-electron chi connectivity index (χ2n) is 5.30. The number of hydrogen-bond donors (Lipinski definition) is 0. The molecule has 0 radical (unpaired) electrons. The van der Waals surface area contributed by atoms with E-state index in [-0.39, 0.29) is 16.2 Å². The van der Waals surface area contributed by atoms with Crippen LogP contribution in [0.5, 0.6) is 5.75 Å². The molecule has 1 amide bonds. The number of likely N-dealkylation sites (N-methyl/N-ethyl adjacent to an activating group) is 1. The molecule has 0 aliphatic rings. The van der Waals surface area contributed by atoms with Gasteiger partial charge in [0.05, 0.1) is 18.7 Å². The summed E-state index contributed by atoms with van der Waals surface area (Å²) in [7, 11) is 1.73. The highest BCUT2D eigenvalue weighted by Gasteiger charge is 2.76. The summed E-state index contributed by atoms with van der Waals surface area (Å²) in [6.07, 6.45) is -6.65. The predicted molar refractivity (Wildman–Crippen MR) is 75.5 cm³/mol. The van der Waals surface area contributed by atoms with Gasteiger partial charge in [-0.25, -0.2) is 0 Å². The highest BCUT2D eigenvalue weighted by molar-refractivity contribution is 6.04. The number of nitrogens with zero attached hydrogens (tertiary/aromatic N) is 1. The van der Waals surface area contributed by atoms with E-state index in [1.54, 1.807) is 0 Å². The van der Waals surface area contributed by atoms with E-state index in [0.717, 1.165) is 6.92 Å². The highest BCUT2D eigenvalue weighted by Crippen LogP contribution is 2.47. The van der Waals surface area contributed by atoms with Crippen LogP contribution in [0.25, 0.3) is 0 Å². The van der Waals surface area contributed by atoms with Gasteiger partial charge in [0.2, 0.25) is 0 Å². The van der Waals surface area contributed by atoms with Crippen LogP contribution in [0, 0.1) is 0 Å². The second-order valence-corrected chi connectivity index (χ2v) is 5.30. The van der Waals surface area contributed by atoms with Crippen molar-refractivity contribution in [3.8, 4) is 5.75 Å². The van der Waals surface area contributed by atoms with Crippen LogP contribution in [0.3, 0.4) is 0 Å². The van der Waals surface area contributed by atoms with Crippen molar-refractivity contribution in [3.05, 3.63) is 29.8 Å². The normalized spacial score (nSPS) is 13.9. The first-order valence-electron chi connectivity index (χ1n) is 6.97. The summed E-state index contributed by atoms with van der Waals surface area (Å²) in [5, 5.41) is 0. The summed E-state index contributed by atoms with van der Waals surface area (Å²) in [5.74, 6) is -16.5. The predicted octanol–water partition coefficient (Wildman–Crippen LogP) is 3.56. The van der Waals surface area contributed by atoms with E-state index < -0.39 is 35.8 Å². The summed E-state index contributed by atoms with van der Waals surface area (Å²) in [5.41, 5.74) is -0.159. The van der Waals surface area contributed by atoms with Crippen molar-refractivity contribution in [1.29, 1.82) is 0 Å². The van der Waals surface area contributed by atoms with Crippen LogP contribution in [-0.4, -0.2) is 54.8 Å². The molecule has 0 aliphatic carbocycles. The van der Waals surface area contributed by atoms with Crippen molar-refractivity contribution in [2.24, 2.45) is 0 Å². The van der Waals surface area contributed by atoms with E-state index in [2.05, 4.69) is 0 Å². The molecule has 0 saturated carbocycles. The number of hydrogen-bond acceptors (Lipinski definition) is 3. The summed E-state index contributed by atoms with van der Waals surface area (Å²) >= 11 is 0. The number of para-hydroxylation sites is 1. The summed E-state index contributed by atoms with van der Waals surface area (Å²) in [6.45, 7) is 0.911. The van der Waals surface area contributed by atoms with Crippen LogP contribution in [-0.2, 0) is 4.79 Å². The molecule has 1 atom stereocenters. The van der Waals surface area contributed by atoms with Crippen molar-refractivity contribution < 1.29 is 45.1 Å². The first-order chi connectivity index (χ1) is 11.7. The van der Waals surface area contributed by atoms with Gasteiger partial charge in [0.15, 0.2) is 5.78 Å². The van der Waals surface area contributed by atoms with Gasteiger partial charge in [-0.3, -0.25) is 9.59 Å². The van der Waals surface area contributed by atoms with E-state index in [4.69, 9.17) is 4.74 Å². The van der Waals surface area contributed by atoms with Gasteiger partial charge < -0.3 is 9.64 Å². The van der Waals surface area contributed by atoms with Crippen molar-refractivity contribution in [1.82, 2.24) is 4.90 Å². The Morgan fingerprint density at radius 2 is 1.54 bits per heavy atom. The zero-order chi connectivity index (χ0) is 20.5. The van der Waals surface area contributed by atoms with Crippen LogP contribution < -0.4 is 4.74 Å². The number of halogens is 7. The maximum atomic E-state index is 13.5. The number of amides is 1. The van der Waals surface area contributed by atoms with Gasteiger partial charge in [-0.1, -0.05) is 12.1 Å². The molecular weight excluding hydrogens is 375 g/mol. The van der Waals surface area contributed by atoms with E-state index in [0.29, 0.717) is 7.05 Å². The molecule has 0 aliphatic heterocycles. The van der Waals surface area contributed by atoms with Crippen LogP contribution in [0.4, 0.5) is 30.7 Å². The maximum Gasteiger partial charge on any atom is 0.460 e. The zero-order valence-corrected chi connectivity index (χ0v) is 13.7. The van der Waals surface area contributed by atoms with Crippen molar-refractivity contribution in [2.75, 3.05) is 14.2 Å². The van der Waals surface area contributed by atoms with Crippen LogP contribution in [0.15, 0.2) is 24.3 Å². The number of carbonyl (C=O) groups excluding carboxylic acids is 2. The minimum absolute atomic E-state index is 0.0116. The molecule has 4 nitrogen and oxygen atoms in total. The van der Waals surface area contributed by atoms with Crippen molar-refractivity contribution >= 4 is 11.7 Å². The van der Waals surface area contributed by atoms with Gasteiger partial charge in [0.25, 0.3) is 5.91 Å². The molecule has 0 spiro atoms. The molecule has 0 heterocycles. The molecule has 1 rings (SSSR count). The molecular formula is C15H14F7NO3. The number of rotatable bonds is 6. The molecule has 0 fully saturated rings. The Morgan fingerprint density at radius 3 is 2.00 bits per heavy atom. The first-order valence-corrected chi connectivity index (χ1v) is 6.97. The number of carbonyl (C=O) groups is 2. The van der Waals surface area contributed by atoms with Gasteiger partial charge in [-0.2, -0.15) is 30.7 Å². The van der Waals surface area contributed by atoms with E-state index in [9.17, 15) is 40.3 Å². The fourth-order valence-corrected chi connectivity index (χ4v) is 1.96. The molecule has 0 bridgehead atoms. The lowest BCUT2D eigenvalue weighted by molar-refractivity contribution is -0.345. The average molecular weight is 389 g/mol. The Bertz CT molecular complexity index is 688. The average Bonchev–Trinajstić information content (AvgIpc) is 2.57. The monoisotopic (exact) mass is 389 g/mol. The van der Waals surface area contributed by atoms with Gasteiger partial charge in [0.1, 0.15) is 5.75 Å². The fourth-order valence-electron chi connectivity index (χ4n) is 1.96. The Balaban J connectivity index is 3.16. The van der Waals surface area contributed by atoms with Crippen LogP contribution in [0.1, 0.15) is 17.3 Å². The molecule has 0 saturated heterocycles. The third-order valence-electron chi connectivity index (χ3n) is 3.67. The van der Waals surface area contributed by atoms with E-state index in [1.165, 1.54) is 31.4 Å². The molecule has 1 aromatic carbocycles. The maximum absolute atomic E-state index is 13.5. The second kappa shape index (κ2) is 7.12.